The number of hydrogen-bond donors (Lipinski definition) is 2. The van der Waals surface area contributed by atoms with Crippen LogP contribution >= 0.6 is 0 Å². The highest BCUT2D eigenvalue weighted by molar-refractivity contribution is 6.24. The van der Waals surface area contributed by atoms with E-state index in [0.717, 1.165) is 24.0 Å². The quantitative estimate of drug-likeness (QED) is 0.190. The fourth-order valence-electron chi connectivity index (χ4n) is 9.21. The average Bonchev–Trinajstić information content (AvgIpc) is 3.56. The number of likely N-dealkylation sites (tertiary alicyclic amines) is 1. The monoisotopic (exact) mass is 825 g/mol. The molecule has 4 aliphatic heterocycles. The van der Waals surface area contributed by atoms with Crippen LogP contribution in [0.3, 0.4) is 0 Å². The molecular formula is C47H49F2N5O6. The zero-order chi connectivity index (χ0) is 48.7. The summed E-state index contributed by atoms with van der Waals surface area (Å²) in [7, 11) is 0. The normalized spacial score (nSPS) is 28.1. The predicted octanol–water partition coefficient (Wildman–Crippen LogP) is 5.85. The molecule has 4 amide bonds. The lowest BCUT2D eigenvalue weighted by Crippen LogP contribution is -2.54. The van der Waals surface area contributed by atoms with Gasteiger partial charge in [0.2, 0.25) is 11.8 Å². The van der Waals surface area contributed by atoms with Gasteiger partial charge in [-0.1, -0.05) is 48.5 Å². The maximum atomic E-state index is 16.6. The van der Waals surface area contributed by atoms with Crippen molar-refractivity contribution in [3.05, 3.63) is 124 Å². The van der Waals surface area contributed by atoms with Crippen molar-refractivity contribution in [2.75, 3.05) is 63.7 Å². The summed E-state index contributed by atoms with van der Waals surface area (Å²) < 4.78 is 110. The minimum atomic E-state index is -3.62. The van der Waals surface area contributed by atoms with Gasteiger partial charge in [0.25, 0.3) is 11.8 Å². The van der Waals surface area contributed by atoms with Crippen molar-refractivity contribution >= 4 is 29.3 Å². The van der Waals surface area contributed by atoms with Crippen molar-refractivity contribution in [3.8, 4) is 11.5 Å². The van der Waals surface area contributed by atoms with E-state index in [9.17, 15) is 24.3 Å². The second-order valence-electron chi connectivity index (χ2n) is 15.9. The highest BCUT2D eigenvalue weighted by Crippen LogP contribution is 2.47. The zero-order valence-corrected chi connectivity index (χ0v) is 32.6. The van der Waals surface area contributed by atoms with Gasteiger partial charge in [0.1, 0.15) is 30.0 Å². The number of phenolic OH excluding ortho intramolecular Hbond substituents is 1. The number of rotatable bonds is 10. The van der Waals surface area contributed by atoms with E-state index < -0.39 is 96.6 Å². The van der Waals surface area contributed by atoms with Crippen LogP contribution in [0.4, 0.5) is 14.5 Å². The molecule has 0 saturated carbocycles. The number of carbonyl (C=O) groups excluding carboxylic acids is 4. The molecule has 1 unspecified atom stereocenters. The minimum Gasteiger partial charge on any atom is -0.508 e. The molecule has 11 nitrogen and oxygen atoms in total. The summed E-state index contributed by atoms with van der Waals surface area (Å²) in [5.74, 6) is -7.28. The second kappa shape index (κ2) is 16.8. The number of phenols is 1. The first-order chi connectivity index (χ1) is 32.1. The van der Waals surface area contributed by atoms with Crippen LogP contribution in [0.25, 0.3) is 0 Å². The molecule has 0 bridgehead atoms. The Morgan fingerprint density at radius 1 is 0.783 bits per heavy atom. The van der Waals surface area contributed by atoms with Crippen molar-refractivity contribution in [2.24, 2.45) is 5.92 Å². The van der Waals surface area contributed by atoms with Crippen molar-refractivity contribution in [3.63, 3.8) is 0 Å². The predicted molar refractivity (Wildman–Crippen MR) is 220 cm³/mol. The van der Waals surface area contributed by atoms with Gasteiger partial charge in [-0.05, 0) is 104 Å². The third-order valence-corrected chi connectivity index (χ3v) is 12.3. The summed E-state index contributed by atoms with van der Waals surface area (Å²) in [5, 5.41) is 12.2. The number of aromatic hydroxyl groups is 1. The fraction of sp³-hybridized carbons (Fsp3) is 0.404. The number of hydrogen-bond acceptors (Lipinski definition) is 9. The first-order valence-corrected chi connectivity index (χ1v) is 20.3. The molecule has 4 aromatic carbocycles. The number of fused-ring (bicyclic) bond motifs is 2. The number of piperazine rings is 1. The largest absolute Gasteiger partial charge is 0.508 e. The van der Waals surface area contributed by atoms with Crippen LogP contribution < -0.4 is 15.0 Å². The van der Waals surface area contributed by atoms with Gasteiger partial charge in [-0.25, -0.2) is 8.78 Å². The Balaban J connectivity index is 0.848. The molecule has 4 aromatic rings. The van der Waals surface area contributed by atoms with E-state index in [1.54, 1.807) is 6.07 Å². The van der Waals surface area contributed by atoms with Crippen LogP contribution in [-0.4, -0.2) is 108 Å². The molecule has 1 aliphatic carbocycles. The highest BCUT2D eigenvalue weighted by Gasteiger charge is 2.48. The summed E-state index contributed by atoms with van der Waals surface area (Å²) in [4.78, 5) is 53.7. The molecule has 5 aliphatic rings. The molecule has 0 aromatic heterocycles. The SMILES string of the molecule is [2H]C1([2H])N(CC2CCN(CCOc3ccc([C@@H]4c5ccc(O)cc5CC[C@@H]4c4ccccc4)cc3)CC2)C([2H])([2H])C([2H])([2H])N(c2cc(F)c3c(c2F)C(=O)N(C2CCC(=O)NC2=O)C3=O)C1([2H])[2H]. The summed E-state index contributed by atoms with van der Waals surface area (Å²) in [6.07, 6.45) is 2.01. The van der Waals surface area contributed by atoms with Gasteiger partial charge in [-0.3, -0.25) is 39.2 Å². The number of halogens is 2. The van der Waals surface area contributed by atoms with E-state index in [-0.39, 0.29) is 46.3 Å². The number of amides is 4. The second-order valence-corrected chi connectivity index (χ2v) is 15.9. The molecule has 2 N–H and O–H groups in total. The Kier molecular flexibility index (Phi) is 8.73. The molecule has 4 heterocycles. The third kappa shape index (κ3) is 7.76. The molecule has 0 spiro atoms. The number of piperidine rings is 2. The number of nitrogens with zero attached hydrogens (tertiary/aromatic N) is 4. The van der Waals surface area contributed by atoms with Crippen LogP contribution in [0.1, 0.15) is 97.9 Å². The lowest BCUT2D eigenvalue weighted by atomic mass is 9.69. The Morgan fingerprint density at radius 2 is 1.52 bits per heavy atom. The number of imide groups is 2. The van der Waals surface area contributed by atoms with E-state index >= 15 is 8.78 Å². The van der Waals surface area contributed by atoms with Crippen molar-refractivity contribution in [2.45, 2.75) is 56.4 Å². The molecule has 9 rings (SSSR count). The Hall–Kier alpha value is -5.66. The molecular weight excluding hydrogens is 769 g/mol. The van der Waals surface area contributed by atoms with E-state index in [1.165, 1.54) is 11.1 Å². The van der Waals surface area contributed by atoms with Crippen LogP contribution in [0, 0.1) is 17.6 Å². The maximum Gasteiger partial charge on any atom is 0.265 e. The summed E-state index contributed by atoms with van der Waals surface area (Å²) in [6.45, 7) is -12.6. The van der Waals surface area contributed by atoms with Crippen molar-refractivity contribution in [1.82, 2.24) is 20.0 Å². The topological polar surface area (TPSA) is 123 Å². The Morgan fingerprint density at radius 3 is 2.25 bits per heavy atom. The number of benzene rings is 4. The number of ether oxygens (including phenoxy) is 1. The molecule has 13 heteroatoms. The number of nitrogens with one attached hydrogen (secondary N) is 1. The van der Waals surface area contributed by atoms with Crippen LogP contribution in [-0.2, 0) is 16.0 Å². The first-order valence-electron chi connectivity index (χ1n) is 24.3. The number of anilines is 1. The molecule has 60 heavy (non-hydrogen) atoms. The van der Waals surface area contributed by atoms with E-state index in [2.05, 4.69) is 41.3 Å². The molecule has 0 radical (unpaired) electrons. The van der Waals surface area contributed by atoms with Crippen molar-refractivity contribution < 1.29 is 48.8 Å². The van der Waals surface area contributed by atoms with Crippen LogP contribution in [0.5, 0.6) is 11.5 Å². The fourth-order valence-corrected chi connectivity index (χ4v) is 9.21. The van der Waals surface area contributed by atoms with Gasteiger partial charge in [0, 0.05) is 63.0 Å². The molecule has 312 valence electrons. The minimum absolute atomic E-state index is 0.0859. The van der Waals surface area contributed by atoms with Gasteiger partial charge in [-0.15, -0.1) is 0 Å². The van der Waals surface area contributed by atoms with Crippen LogP contribution in [0.15, 0.2) is 78.9 Å². The Labute approximate surface area is 359 Å². The molecule has 3 saturated heterocycles. The van der Waals surface area contributed by atoms with Gasteiger partial charge >= 0.3 is 0 Å². The first kappa shape index (κ1) is 31.2. The summed E-state index contributed by atoms with van der Waals surface area (Å²) in [5.41, 5.74) is 0.978. The van der Waals surface area contributed by atoms with E-state index in [4.69, 9.17) is 15.7 Å². The lowest BCUT2D eigenvalue weighted by Gasteiger charge is -2.39. The number of carbonyl (C=O) groups is 4. The lowest BCUT2D eigenvalue weighted by molar-refractivity contribution is -0.136. The van der Waals surface area contributed by atoms with E-state index in [0.29, 0.717) is 49.7 Å². The van der Waals surface area contributed by atoms with E-state index in [1.807, 2.05) is 35.6 Å². The highest BCUT2D eigenvalue weighted by atomic mass is 19.1. The number of aryl methyl sites for hydroxylation is 1. The average molecular weight is 826 g/mol. The van der Waals surface area contributed by atoms with Gasteiger partial charge in [-0.2, -0.15) is 0 Å². The summed E-state index contributed by atoms with van der Waals surface area (Å²) in [6, 6.07) is 22.7. The van der Waals surface area contributed by atoms with Gasteiger partial charge in [0.05, 0.1) is 22.3 Å². The van der Waals surface area contributed by atoms with Crippen molar-refractivity contribution in [1.29, 1.82) is 0 Å². The summed E-state index contributed by atoms with van der Waals surface area (Å²) >= 11 is 0. The smallest absolute Gasteiger partial charge is 0.265 e. The molecule has 3 fully saturated rings. The zero-order valence-electron chi connectivity index (χ0n) is 40.6. The maximum absolute atomic E-state index is 16.6. The van der Waals surface area contributed by atoms with Gasteiger partial charge in [0.15, 0.2) is 5.82 Å². The standard InChI is InChI=1S/C47H49F2N5O6/c48-37-27-39(44(49)43-42(37)46(58)54(47(43)59)38-14-15-40(56)50-45(38)57)53-22-20-52(21-23-53)28-29-16-18-51(19-17-29)24-25-60-34-10-6-31(7-11-34)41-35(30-4-2-1-3-5-30)12-8-32-26-33(55)9-13-36(32)41/h1-7,9-11,13,26-27,29,35,38,41,55H,8,12,14-25,28H2,(H,50,56,57)/t35-,38?,41+/m1/s1/i20D2,21D2,22D2,23D2. The van der Waals surface area contributed by atoms with Crippen LogP contribution in [0.2, 0.25) is 0 Å². The Bertz CT molecular complexity index is 2650. The molecule has 3 atom stereocenters. The third-order valence-electron chi connectivity index (χ3n) is 12.3. The van der Waals surface area contributed by atoms with Gasteiger partial charge < -0.3 is 14.7 Å².